The Kier molecular flexibility index (Phi) is 6.22. The van der Waals surface area contributed by atoms with Crippen LogP contribution in [0.5, 0.6) is 5.75 Å². The zero-order valence-corrected chi connectivity index (χ0v) is 12.7. The van der Waals surface area contributed by atoms with E-state index in [0.29, 0.717) is 0 Å². The molecule has 0 fully saturated rings. The molecule has 3 heteroatoms. The SMILES string of the molecule is CC(N)Cc1ccc(OCCCCc2ccccc2)cn1. The van der Waals surface area contributed by atoms with Gasteiger partial charge in [-0.2, -0.15) is 0 Å². The summed E-state index contributed by atoms with van der Waals surface area (Å²) in [6.07, 6.45) is 5.89. The Hall–Kier alpha value is -1.87. The summed E-state index contributed by atoms with van der Waals surface area (Å²) in [6, 6.07) is 14.7. The van der Waals surface area contributed by atoms with Gasteiger partial charge < -0.3 is 10.5 Å². The number of nitrogens with zero attached hydrogens (tertiary/aromatic N) is 1. The van der Waals surface area contributed by atoms with Crippen LogP contribution in [0.3, 0.4) is 0 Å². The summed E-state index contributed by atoms with van der Waals surface area (Å²) in [4.78, 5) is 4.36. The molecule has 3 nitrogen and oxygen atoms in total. The third-order valence-electron chi connectivity index (χ3n) is 3.30. The molecule has 1 aromatic heterocycles. The highest BCUT2D eigenvalue weighted by molar-refractivity contribution is 5.20. The molecule has 0 aliphatic carbocycles. The summed E-state index contributed by atoms with van der Waals surface area (Å²) in [5.41, 5.74) is 8.16. The molecule has 0 aliphatic rings. The van der Waals surface area contributed by atoms with Gasteiger partial charge in [-0.1, -0.05) is 30.3 Å². The minimum Gasteiger partial charge on any atom is -0.492 e. The van der Waals surface area contributed by atoms with E-state index >= 15 is 0 Å². The van der Waals surface area contributed by atoms with Crippen LogP contribution in [0.2, 0.25) is 0 Å². The van der Waals surface area contributed by atoms with Crippen LogP contribution in [-0.2, 0) is 12.8 Å². The predicted molar refractivity (Wildman–Crippen MR) is 86.5 cm³/mol. The van der Waals surface area contributed by atoms with Crippen LogP contribution in [0.15, 0.2) is 48.7 Å². The zero-order valence-electron chi connectivity index (χ0n) is 12.7. The molecule has 1 heterocycles. The highest BCUT2D eigenvalue weighted by Crippen LogP contribution is 2.11. The van der Waals surface area contributed by atoms with Gasteiger partial charge in [-0.3, -0.25) is 4.98 Å². The second-order valence-electron chi connectivity index (χ2n) is 5.46. The Balaban J connectivity index is 1.64. The van der Waals surface area contributed by atoms with Gasteiger partial charge in [-0.15, -0.1) is 0 Å². The number of benzene rings is 1. The van der Waals surface area contributed by atoms with Crippen LogP contribution in [0.1, 0.15) is 31.0 Å². The Labute approximate surface area is 127 Å². The maximum atomic E-state index is 5.75. The molecule has 1 atom stereocenters. The second kappa shape index (κ2) is 8.42. The third kappa shape index (κ3) is 5.96. The normalized spacial score (nSPS) is 12.1. The van der Waals surface area contributed by atoms with Crippen molar-refractivity contribution < 1.29 is 4.74 Å². The fourth-order valence-electron chi connectivity index (χ4n) is 2.21. The van der Waals surface area contributed by atoms with Crippen molar-refractivity contribution in [1.29, 1.82) is 0 Å². The molecule has 1 aromatic carbocycles. The van der Waals surface area contributed by atoms with Crippen molar-refractivity contribution in [3.05, 3.63) is 59.9 Å². The van der Waals surface area contributed by atoms with E-state index in [9.17, 15) is 0 Å². The largest absolute Gasteiger partial charge is 0.492 e. The predicted octanol–water partition coefficient (Wildman–Crippen LogP) is 3.37. The van der Waals surface area contributed by atoms with E-state index in [2.05, 4.69) is 35.3 Å². The molecule has 112 valence electrons. The fraction of sp³-hybridized carbons (Fsp3) is 0.389. The first kappa shape index (κ1) is 15.5. The highest BCUT2D eigenvalue weighted by atomic mass is 16.5. The van der Waals surface area contributed by atoms with Crippen molar-refractivity contribution in [2.45, 2.75) is 38.6 Å². The molecule has 0 bridgehead atoms. The average molecular weight is 284 g/mol. The fourth-order valence-corrected chi connectivity index (χ4v) is 2.21. The van der Waals surface area contributed by atoms with Gasteiger partial charge in [-0.25, -0.2) is 0 Å². The number of aryl methyl sites for hydroxylation is 1. The van der Waals surface area contributed by atoms with Crippen LogP contribution in [0.4, 0.5) is 0 Å². The molecule has 21 heavy (non-hydrogen) atoms. The lowest BCUT2D eigenvalue weighted by atomic mass is 10.1. The summed E-state index contributed by atoms with van der Waals surface area (Å²) in [5, 5.41) is 0. The molecule has 0 radical (unpaired) electrons. The van der Waals surface area contributed by atoms with E-state index in [4.69, 9.17) is 10.5 Å². The van der Waals surface area contributed by atoms with Gasteiger partial charge in [0.15, 0.2) is 0 Å². The molecule has 2 rings (SSSR count). The van der Waals surface area contributed by atoms with E-state index in [1.165, 1.54) is 5.56 Å². The second-order valence-corrected chi connectivity index (χ2v) is 5.46. The van der Waals surface area contributed by atoms with Gasteiger partial charge in [0.1, 0.15) is 5.75 Å². The lowest BCUT2D eigenvalue weighted by Gasteiger charge is -2.08. The summed E-state index contributed by atoms with van der Waals surface area (Å²) in [5.74, 6) is 0.836. The lowest BCUT2D eigenvalue weighted by molar-refractivity contribution is 0.305. The standard InChI is InChI=1S/C18H24N2O/c1-15(19)13-17-10-11-18(14-20-17)21-12-6-5-9-16-7-3-2-4-8-16/h2-4,7-8,10-11,14-15H,5-6,9,12-13,19H2,1H3. The van der Waals surface area contributed by atoms with Crippen molar-refractivity contribution in [3.63, 3.8) is 0 Å². The maximum absolute atomic E-state index is 5.75. The number of hydrogen-bond acceptors (Lipinski definition) is 3. The molecule has 1 unspecified atom stereocenters. The Morgan fingerprint density at radius 1 is 1.10 bits per heavy atom. The highest BCUT2D eigenvalue weighted by Gasteiger charge is 2.00. The van der Waals surface area contributed by atoms with Crippen molar-refractivity contribution >= 4 is 0 Å². The van der Waals surface area contributed by atoms with Gasteiger partial charge >= 0.3 is 0 Å². The molecule has 0 amide bonds. The molecular formula is C18H24N2O. The van der Waals surface area contributed by atoms with Gasteiger partial charge in [0.05, 0.1) is 12.8 Å². The van der Waals surface area contributed by atoms with Crippen LogP contribution in [0, 0.1) is 0 Å². The molecule has 0 saturated heterocycles. The van der Waals surface area contributed by atoms with Crippen LogP contribution < -0.4 is 10.5 Å². The number of rotatable bonds is 8. The number of pyridine rings is 1. The van der Waals surface area contributed by atoms with E-state index in [-0.39, 0.29) is 6.04 Å². The minimum atomic E-state index is 0.141. The smallest absolute Gasteiger partial charge is 0.137 e. The molecule has 0 aliphatic heterocycles. The minimum absolute atomic E-state index is 0.141. The van der Waals surface area contributed by atoms with E-state index in [1.807, 2.05) is 19.1 Å². The van der Waals surface area contributed by atoms with Crippen LogP contribution >= 0.6 is 0 Å². The van der Waals surface area contributed by atoms with Crippen molar-refractivity contribution in [1.82, 2.24) is 4.98 Å². The summed E-state index contributed by atoms with van der Waals surface area (Å²) >= 11 is 0. The number of ether oxygens (including phenoxy) is 1. The Bertz CT molecular complexity index is 509. The van der Waals surface area contributed by atoms with Crippen molar-refractivity contribution in [2.24, 2.45) is 5.73 Å². The summed E-state index contributed by atoms with van der Waals surface area (Å²) < 4.78 is 5.71. The molecule has 2 N–H and O–H groups in total. The first-order valence-corrected chi connectivity index (χ1v) is 7.61. The number of nitrogens with two attached hydrogens (primary N) is 1. The first-order valence-electron chi connectivity index (χ1n) is 7.61. The molecule has 2 aromatic rings. The van der Waals surface area contributed by atoms with Crippen LogP contribution in [0.25, 0.3) is 0 Å². The average Bonchev–Trinajstić information content (AvgIpc) is 2.49. The number of aromatic nitrogens is 1. The molecule has 0 saturated carbocycles. The van der Waals surface area contributed by atoms with E-state index < -0.39 is 0 Å². The molecular weight excluding hydrogens is 260 g/mol. The zero-order chi connectivity index (χ0) is 14.9. The quantitative estimate of drug-likeness (QED) is 0.756. The number of unbranched alkanes of at least 4 members (excludes halogenated alkanes) is 1. The first-order chi connectivity index (χ1) is 10.2. The van der Waals surface area contributed by atoms with Crippen LogP contribution in [-0.4, -0.2) is 17.6 Å². The van der Waals surface area contributed by atoms with Gasteiger partial charge in [0.2, 0.25) is 0 Å². The van der Waals surface area contributed by atoms with Gasteiger partial charge in [0, 0.05) is 18.2 Å². The molecule has 0 spiro atoms. The van der Waals surface area contributed by atoms with E-state index in [1.54, 1.807) is 6.20 Å². The number of hydrogen-bond donors (Lipinski definition) is 1. The monoisotopic (exact) mass is 284 g/mol. The lowest BCUT2D eigenvalue weighted by Crippen LogP contribution is -2.18. The van der Waals surface area contributed by atoms with Crippen molar-refractivity contribution in [3.8, 4) is 5.75 Å². The van der Waals surface area contributed by atoms with Crippen molar-refractivity contribution in [2.75, 3.05) is 6.61 Å². The summed E-state index contributed by atoms with van der Waals surface area (Å²) in [7, 11) is 0. The van der Waals surface area contributed by atoms with E-state index in [0.717, 1.165) is 43.7 Å². The third-order valence-corrected chi connectivity index (χ3v) is 3.30. The van der Waals surface area contributed by atoms with Gasteiger partial charge in [0.25, 0.3) is 0 Å². The Morgan fingerprint density at radius 2 is 1.90 bits per heavy atom. The topological polar surface area (TPSA) is 48.1 Å². The Morgan fingerprint density at radius 3 is 2.57 bits per heavy atom. The maximum Gasteiger partial charge on any atom is 0.137 e. The summed E-state index contributed by atoms with van der Waals surface area (Å²) in [6.45, 7) is 2.72. The van der Waals surface area contributed by atoms with Gasteiger partial charge in [-0.05, 0) is 43.9 Å².